The Morgan fingerprint density at radius 3 is 2.10 bits per heavy atom. The van der Waals surface area contributed by atoms with Gasteiger partial charge in [0.05, 0.1) is 6.07 Å². The van der Waals surface area contributed by atoms with Crippen LogP contribution in [0.15, 0.2) is 24.3 Å². The molecule has 2 heteroatoms. The minimum Gasteiger partial charge on any atom is -0.297 e. The van der Waals surface area contributed by atoms with E-state index in [0.717, 1.165) is 31.2 Å². The molecule has 2 rings (SSSR count). The number of carbonyl (C=O) groups excluding carboxylic acids is 1. The maximum absolute atomic E-state index is 12.7. The summed E-state index contributed by atoms with van der Waals surface area (Å²) in [5.41, 5.74) is 1.79. The van der Waals surface area contributed by atoms with Crippen LogP contribution in [0.4, 0.5) is 0 Å². The second kappa shape index (κ2) is 5.79. The van der Waals surface area contributed by atoms with Crippen molar-refractivity contribution in [2.75, 3.05) is 0 Å². The van der Waals surface area contributed by atoms with Crippen molar-refractivity contribution in [3.05, 3.63) is 35.4 Å². The monoisotopic (exact) mass is 269 g/mol. The van der Waals surface area contributed by atoms with Gasteiger partial charge in [0.15, 0.2) is 5.78 Å². The predicted molar refractivity (Wildman–Crippen MR) is 80.5 cm³/mol. The van der Waals surface area contributed by atoms with E-state index >= 15 is 0 Å². The van der Waals surface area contributed by atoms with Crippen molar-refractivity contribution in [2.24, 2.45) is 5.41 Å². The molecule has 0 amide bonds. The van der Waals surface area contributed by atoms with Gasteiger partial charge in [-0.15, -0.1) is 0 Å². The van der Waals surface area contributed by atoms with Gasteiger partial charge in [-0.05, 0) is 29.9 Å². The Morgan fingerprint density at radius 2 is 1.65 bits per heavy atom. The van der Waals surface area contributed by atoms with Gasteiger partial charge in [0, 0.05) is 5.41 Å². The van der Waals surface area contributed by atoms with Crippen LogP contribution in [0, 0.1) is 16.7 Å². The first-order valence-electron chi connectivity index (χ1n) is 7.52. The topological polar surface area (TPSA) is 40.9 Å². The zero-order chi connectivity index (χ0) is 14.8. The summed E-state index contributed by atoms with van der Waals surface area (Å²) in [7, 11) is 0. The minimum atomic E-state index is -0.612. The second-order valence-corrected chi connectivity index (χ2v) is 6.52. The Hall–Kier alpha value is -1.62. The molecule has 0 aliphatic heterocycles. The summed E-state index contributed by atoms with van der Waals surface area (Å²) in [4.78, 5) is 12.7. The molecule has 1 aromatic carbocycles. The van der Waals surface area contributed by atoms with Crippen LogP contribution in [0.25, 0.3) is 0 Å². The van der Waals surface area contributed by atoms with Gasteiger partial charge >= 0.3 is 0 Å². The van der Waals surface area contributed by atoms with Gasteiger partial charge in [0.25, 0.3) is 0 Å². The van der Waals surface area contributed by atoms with E-state index in [9.17, 15) is 10.1 Å². The fraction of sp³-hybridized carbons (Fsp3) is 0.556. The molecule has 1 saturated carbocycles. The van der Waals surface area contributed by atoms with Crippen molar-refractivity contribution in [2.45, 2.75) is 58.3 Å². The minimum absolute atomic E-state index is 0.106. The van der Waals surface area contributed by atoms with Gasteiger partial charge in [-0.3, -0.25) is 4.79 Å². The molecular weight excluding hydrogens is 246 g/mol. The average Bonchev–Trinajstić information content (AvgIpc) is 2.88. The van der Waals surface area contributed by atoms with Crippen molar-refractivity contribution in [1.82, 2.24) is 0 Å². The number of Topliss-reactive ketones (excluding diaryl/α,β-unsaturated/α-hetero) is 1. The maximum Gasteiger partial charge on any atom is 0.160 e. The zero-order valence-corrected chi connectivity index (χ0v) is 12.6. The summed E-state index contributed by atoms with van der Waals surface area (Å²) < 4.78 is 0. The van der Waals surface area contributed by atoms with Crippen LogP contribution in [-0.2, 0) is 4.79 Å². The number of hydrogen-bond acceptors (Lipinski definition) is 2. The molecule has 2 nitrogen and oxygen atoms in total. The number of benzene rings is 1. The van der Waals surface area contributed by atoms with Crippen LogP contribution in [0.1, 0.15) is 69.4 Å². The van der Waals surface area contributed by atoms with Gasteiger partial charge in [-0.25, -0.2) is 0 Å². The Bertz CT molecular complexity index is 515. The number of nitriles is 1. The third-order valence-electron chi connectivity index (χ3n) is 4.63. The number of nitrogens with zero attached hydrogens (tertiary/aromatic N) is 1. The first-order chi connectivity index (χ1) is 9.48. The quantitative estimate of drug-likeness (QED) is 0.803. The van der Waals surface area contributed by atoms with E-state index in [1.807, 2.05) is 31.2 Å². The third-order valence-corrected chi connectivity index (χ3v) is 4.63. The number of hydrogen-bond donors (Lipinski definition) is 0. The smallest absolute Gasteiger partial charge is 0.160 e. The number of ketones is 1. The van der Waals surface area contributed by atoms with Crippen LogP contribution in [-0.4, -0.2) is 5.78 Å². The van der Waals surface area contributed by atoms with Crippen molar-refractivity contribution in [1.29, 1.82) is 5.26 Å². The van der Waals surface area contributed by atoms with Crippen LogP contribution in [0.3, 0.4) is 0 Å². The Labute approximate surface area is 121 Å². The van der Waals surface area contributed by atoms with E-state index < -0.39 is 5.92 Å². The standard InChI is InChI=1S/C18H23NO/c1-13(2)14-6-8-15(9-7-14)16(12-19)17(20)18(3)10-4-5-11-18/h6-9,13,16H,4-5,10-11H2,1-3H3. The van der Waals surface area contributed by atoms with E-state index in [1.165, 1.54) is 5.56 Å². The number of rotatable bonds is 4. The molecule has 1 aromatic rings. The lowest BCUT2D eigenvalue weighted by Crippen LogP contribution is -2.29. The van der Waals surface area contributed by atoms with Crippen LogP contribution < -0.4 is 0 Å². The second-order valence-electron chi connectivity index (χ2n) is 6.52. The molecule has 0 heterocycles. The van der Waals surface area contributed by atoms with E-state index in [-0.39, 0.29) is 11.2 Å². The molecule has 0 radical (unpaired) electrons. The SMILES string of the molecule is CC(C)c1ccc(C(C#N)C(=O)C2(C)CCCC2)cc1. The van der Waals surface area contributed by atoms with Gasteiger partial charge in [0.2, 0.25) is 0 Å². The molecule has 0 N–H and O–H groups in total. The summed E-state index contributed by atoms with van der Waals surface area (Å²) in [5.74, 6) is -0.0401. The Balaban J connectivity index is 2.24. The number of carbonyl (C=O) groups is 1. The lowest BCUT2D eigenvalue weighted by atomic mass is 9.76. The molecule has 0 saturated heterocycles. The highest BCUT2D eigenvalue weighted by atomic mass is 16.1. The zero-order valence-electron chi connectivity index (χ0n) is 12.6. The average molecular weight is 269 g/mol. The first-order valence-corrected chi connectivity index (χ1v) is 7.52. The molecule has 0 spiro atoms. The summed E-state index contributed by atoms with van der Waals surface area (Å²) >= 11 is 0. The highest BCUT2D eigenvalue weighted by Crippen LogP contribution is 2.42. The van der Waals surface area contributed by atoms with Crippen LogP contribution in [0.2, 0.25) is 0 Å². The molecule has 106 valence electrons. The fourth-order valence-corrected chi connectivity index (χ4v) is 3.11. The summed E-state index contributed by atoms with van der Waals surface area (Å²) in [6.07, 6.45) is 4.06. The summed E-state index contributed by atoms with van der Waals surface area (Å²) in [5, 5.41) is 9.43. The van der Waals surface area contributed by atoms with Crippen molar-refractivity contribution >= 4 is 5.78 Å². The molecule has 1 aliphatic carbocycles. The normalized spacial score (nSPS) is 18.8. The molecule has 1 atom stereocenters. The molecular formula is C18H23NO. The van der Waals surface area contributed by atoms with Crippen LogP contribution in [0.5, 0.6) is 0 Å². The van der Waals surface area contributed by atoms with E-state index in [0.29, 0.717) is 5.92 Å². The molecule has 20 heavy (non-hydrogen) atoms. The van der Waals surface area contributed by atoms with Gasteiger partial charge in [0.1, 0.15) is 5.92 Å². The summed E-state index contributed by atoms with van der Waals surface area (Å²) in [6.45, 7) is 6.30. The van der Waals surface area contributed by atoms with Crippen molar-refractivity contribution in [3.8, 4) is 6.07 Å². The van der Waals surface area contributed by atoms with E-state index in [4.69, 9.17) is 0 Å². The van der Waals surface area contributed by atoms with Gasteiger partial charge in [-0.2, -0.15) is 5.26 Å². The van der Waals surface area contributed by atoms with Gasteiger partial charge in [-0.1, -0.05) is 57.9 Å². The lowest BCUT2D eigenvalue weighted by Gasteiger charge is -2.24. The Morgan fingerprint density at radius 1 is 1.15 bits per heavy atom. The molecule has 0 bridgehead atoms. The fourth-order valence-electron chi connectivity index (χ4n) is 3.11. The van der Waals surface area contributed by atoms with E-state index in [2.05, 4.69) is 19.9 Å². The molecule has 1 fully saturated rings. The first kappa shape index (κ1) is 14.8. The van der Waals surface area contributed by atoms with Gasteiger partial charge < -0.3 is 0 Å². The lowest BCUT2D eigenvalue weighted by molar-refractivity contribution is -0.128. The largest absolute Gasteiger partial charge is 0.297 e. The highest BCUT2D eigenvalue weighted by molar-refractivity contribution is 5.93. The van der Waals surface area contributed by atoms with Crippen LogP contribution >= 0.6 is 0 Å². The van der Waals surface area contributed by atoms with Crippen molar-refractivity contribution < 1.29 is 4.79 Å². The predicted octanol–water partition coefficient (Wildman–Crippen LogP) is 4.57. The molecule has 1 unspecified atom stereocenters. The highest BCUT2D eigenvalue weighted by Gasteiger charge is 2.40. The summed E-state index contributed by atoms with van der Waals surface area (Å²) in [6, 6.07) is 10.2. The molecule has 1 aliphatic rings. The Kier molecular flexibility index (Phi) is 4.28. The van der Waals surface area contributed by atoms with Crippen molar-refractivity contribution in [3.63, 3.8) is 0 Å². The maximum atomic E-state index is 12.7. The van der Waals surface area contributed by atoms with E-state index in [1.54, 1.807) is 0 Å². The third kappa shape index (κ3) is 2.77. The molecule has 0 aromatic heterocycles.